The summed E-state index contributed by atoms with van der Waals surface area (Å²) >= 11 is 0. The van der Waals surface area contributed by atoms with Crippen molar-refractivity contribution in [3.8, 4) is 0 Å². The van der Waals surface area contributed by atoms with E-state index in [2.05, 4.69) is 29.1 Å². The Labute approximate surface area is 89.9 Å². The normalized spacial score (nSPS) is 14.2. The van der Waals surface area contributed by atoms with Crippen molar-refractivity contribution in [3.63, 3.8) is 0 Å². The van der Waals surface area contributed by atoms with Gasteiger partial charge in [-0.3, -0.25) is 4.98 Å². The zero-order valence-electron chi connectivity index (χ0n) is 8.88. The second-order valence-electron chi connectivity index (χ2n) is 3.40. The molecule has 0 aliphatic carbocycles. The van der Waals surface area contributed by atoms with Crippen LogP contribution in [0.4, 0.5) is 5.69 Å². The monoisotopic (exact) mass is 201 g/mol. The van der Waals surface area contributed by atoms with Crippen LogP contribution >= 0.6 is 0 Å². The Hall–Kier alpha value is -1.77. The van der Waals surface area contributed by atoms with Crippen LogP contribution in [0.15, 0.2) is 36.8 Å². The number of pyridine rings is 1. The molecule has 1 aromatic rings. The smallest absolute Gasteiger partial charge is 0.0554 e. The second-order valence-corrected chi connectivity index (χ2v) is 3.40. The summed E-state index contributed by atoms with van der Waals surface area (Å²) in [4.78, 5) is 4.14. The Morgan fingerprint density at radius 3 is 3.27 bits per heavy atom. The molecule has 0 saturated carbocycles. The molecule has 0 saturated heterocycles. The maximum atomic E-state index is 4.14. The lowest BCUT2D eigenvalue weighted by atomic mass is 10.0. The highest BCUT2D eigenvalue weighted by atomic mass is 15.0. The Morgan fingerprint density at radius 1 is 1.67 bits per heavy atom. The van der Waals surface area contributed by atoms with Crippen molar-refractivity contribution in [1.29, 1.82) is 0 Å². The Morgan fingerprint density at radius 2 is 2.53 bits per heavy atom. The van der Waals surface area contributed by atoms with E-state index in [1.165, 1.54) is 5.70 Å². The van der Waals surface area contributed by atoms with Crippen LogP contribution in [0, 0.1) is 0 Å². The molecule has 1 aliphatic rings. The number of rotatable bonds is 3. The topological polar surface area (TPSA) is 37.0 Å². The Balaban J connectivity index is 2.48. The lowest BCUT2D eigenvalue weighted by Gasteiger charge is -2.23. The molecule has 0 spiro atoms. The number of allylic oxidation sites excluding steroid dienone is 2. The lowest BCUT2D eigenvalue weighted by Crippen LogP contribution is -2.24. The van der Waals surface area contributed by atoms with Gasteiger partial charge in [0.2, 0.25) is 0 Å². The van der Waals surface area contributed by atoms with Crippen molar-refractivity contribution >= 4 is 11.3 Å². The first-order valence-corrected chi connectivity index (χ1v) is 5.14. The van der Waals surface area contributed by atoms with Crippen molar-refractivity contribution in [2.45, 2.75) is 6.92 Å². The summed E-state index contributed by atoms with van der Waals surface area (Å²) in [6, 6.07) is 1.99. The molecule has 2 rings (SSSR count). The van der Waals surface area contributed by atoms with Crippen LogP contribution in [-0.2, 0) is 0 Å². The summed E-state index contributed by atoms with van der Waals surface area (Å²) in [5.41, 5.74) is 4.59. The van der Waals surface area contributed by atoms with E-state index >= 15 is 0 Å². The zero-order valence-corrected chi connectivity index (χ0v) is 8.88. The minimum absolute atomic E-state index is 0.826. The number of aromatic nitrogens is 1. The van der Waals surface area contributed by atoms with E-state index in [-0.39, 0.29) is 0 Å². The summed E-state index contributed by atoms with van der Waals surface area (Å²) < 4.78 is 0. The largest absolute Gasteiger partial charge is 0.387 e. The quantitative estimate of drug-likeness (QED) is 0.785. The average Bonchev–Trinajstić information content (AvgIpc) is 2.29. The van der Waals surface area contributed by atoms with Crippen LogP contribution in [-0.4, -0.2) is 18.1 Å². The summed E-state index contributed by atoms with van der Waals surface area (Å²) in [6.07, 6.45) is 5.56. The van der Waals surface area contributed by atoms with Crippen molar-refractivity contribution in [3.05, 3.63) is 42.4 Å². The number of nitrogens with zero attached hydrogens (tertiary/aromatic N) is 1. The third-order valence-electron chi connectivity index (χ3n) is 2.49. The van der Waals surface area contributed by atoms with Crippen molar-refractivity contribution in [2.75, 3.05) is 18.4 Å². The molecule has 0 amide bonds. The van der Waals surface area contributed by atoms with E-state index in [9.17, 15) is 0 Å². The minimum Gasteiger partial charge on any atom is -0.387 e. The maximum Gasteiger partial charge on any atom is 0.0554 e. The van der Waals surface area contributed by atoms with Crippen LogP contribution in [0.2, 0.25) is 0 Å². The van der Waals surface area contributed by atoms with Gasteiger partial charge in [0.15, 0.2) is 0 Å². The number of fused-ring (bicyclic) bond motifs is 1. The lowest BCUT2D eigenvalue weighted by molar-refractivity contribution is 0.834. The summed E-state index contributed by atoms with van der Waals surface area (Å²) in [6.45, 7) is 7.70. The summed E-state index contributed by atoms with van der Waals surface area (Å²) in [5, 5.41) is 6.70. The van der Waals surface area contributed by atoms with Crippen molar-refractivity contribution in [1.82, 2.24) is 10.3 Å². The van der Waals surface area contributed by atoms with E-state index in [0.29, 0.717) is 0 Å². The van der Waals surface area contributed by atoms with Gasteiger partial charge in [-0.05, 0) is 13.0 Å². The molecule has 3 nitrogen and oxygen atoms in total. The van der Waals surface area contributed by atoms with Crippen LogP contribution in [0.1, 0.15) is 12.5 Å². The molecule has 0 fully saturated rings. The highest BCUT2D eigenvalue weighted by Gasteiger charge is 2.15. The van der Waals surface area contributed by atoms with Gasteiger partial charge in [0.1, 0.15) is 0 Å². The molecular weight excluding hydrogens is 186 g/mol. The van der Waals surface area contributed by atoms with Crippen LogP contribution in [0.5, 0.6) is 0 Å². The zero-order chi connectivity index (χ0) is 10.7. The molecule has 1 aliphatic heterocycles. The van der Waals surface area contributed by atoms with Crippen molar-refractivity contribution < 1.29 is 0 Å². The predicted molar refractivity (Wildman–Crippen MR) is 63.5 cm³/mol. The van der Waals surface area contributed by atoms with Gasteiger partial charge < -0.3 is 10.6 Å². The summed E-state index contributed by atoms with van der Waals surface area (Å²) in [5.74, 6) is 0. The van der Waals surface area contributed by atoms with Gasteiger partial charge in [0.05, 0.1) is 6.54 Å². The van der Waals surface area contributed by atoms with E-state index in [4.69, 9.17) is 0 Å². The molecule has 1 aromatic heterocycles. The molecule has 3 heteroatoms. The molecule has 0 atom stereocenters. The maximum absolute atomic E-state index is 4.14. The third-order valence-corrected chi connectivity index (χ3v) is 2.49. The van der Waals surface area contributed by atoms with Gasteiger partial charge >= 0.3 is 0 Å². The fraction of sp³-hybridized carbons (Fsp3) is 0.250. The molecule has 0 aromatic carbocycles. The minimum atomic E-state index is 0.826. The first-order valence-electron chi connectivity index (χ1n) is 5.14. The molecule has 0 radical (unpaired) electrons. The van der Waals surface area contributed by atoms with Gasteiger partial charge in [-0.15, -0.1) is 0 Å². The Bertz CT molecular complexity index is 407. The number of likely N-dealkylation sites (N-methyl/N-ethyl adjacent to an activating group) is 1. The fourth-order valence-electron chi connectivity index (χ4n) is 1.81. The second kappa shape index (κ2) is 4.17. The predicted octanol–water partition coefficient (Wildman–Crippen LogP) is 2.01. The van der Waals surface area contributed by atoms with Gasteiger partial charge in [-0.2, -0.15) is 0 Å². The van der Waals surface area contributed by atoms with Crippen LogP contribution in [0.25, 0.3) is 5.57 Å². The highest BCUT2D eigenvalue weighted by Crippen LogP contribution is 2.29. The highest BCUT2D eigenvalue weighted by molar-refractivity contribution is 5.85. The van der Waals surface area contributed by atoms with E-state index in [1.54, 1.807) is 6.20 Å². The molecular formula is C12H15N3. The van der Waals surface area contributed by atoms with Gasteiger partial charge in [-0.25, -0.2) is 0 Å². The third kappa shape index (κ3) is 1.73. The number of nitrogens with one attached hydrogen (secondary N) is 2. The van der Waals surface area contributed by atoms with Gasteiger partial charge in [0.25, 0.3) is 0 Å². The molecule has 15 heavy (non-hydrogen) atoms. The number of anilines is 1. The van der Waals surface area contributed by atoms with E-state index in [1.807, 2.05) is 18.3 Å². The average molecular weight is 201 g/mol. The molecule has 0 bridgehead atoms. The molecule has 78 valence electrons. The summed E-state index contributed by atoms with van der Waals surface area (Å²) in [7, 11) is 0. The van der Waals surface area contributed by atoms with Crippen molar-refractivity contribution in [2.24, 2.45) is 0 Å². The van der Waals surface area contributed by atoms with Crippen LogP contribution in [0.3, 0.4) is 0 Å². The molecule has 2 N–H and O–H groups in total. The molecule has 2 heterocycles. The number of hydrogen-bond acceptors (Lipinski definition) is 3. The van der Waals surface area contributed by atoms with Gasteiger partial charge in [-0.1, -0.05) is 12.7 Å². The first kappa shape index (κ1) is 9.77. The SMILES string of the molecule is C=CC1=C(NCC)CNc2ccncc21. The van der Waals surface area contributed by atoms with E-state index < -0.39 is 0 Å². The Kier molecular flexibility index (Phi) is 2.72. The fourth-order valence-corrected chi connectivity index (χ4v) is 1.81. The first-order chi connectivity index (χ1) is 7.36. The molecule has 0 unspecified atom stereocenters. The van der Waals surface area contributed by atoms with Crippen LogP contribution < -0.4 is 10.6 Å². The van der Waals surface area contributed by atoms with Gasteiger partial charge in [0, 0.05) is 41.5 Å². The standard InChI is InChI=1S/C12H15N3/c1-3-9-10-7-13-6-5-11(10)15-8-12(9)14-4-2/h3,5-7,14-15H,1,4,8H2,2H3. The van der Waals surface area contributed by atoms with E-state index in [0.717, 1.165) is 29.9 Å². The number of hydrogen-bond donors (Lipinski definition) is 2.